The van der Waals surface area contributed by atoms with Gasteiger partial charge in [-0.05, 0) is 32.3 Å². The highest BCUT2D eigenvalue weighted by molar-refractivity contribution is 5.11. The van der Waals surface area contributed by atoms with Gasteiger partial charge < -0.3 is 0 Å². The summed E-state index contributed by atoms with van der Waals surface area (Å²) >= 11 is 0. The van der Waals surface area contributed by atoms with E-state index in [4.69, 9.17) is 0 Å². The summed E-state index contributed by atoms with van der Waals surface area (Å²) in [5, 5.41) is 0. The summed E-state index contributed by atoms with van der Waals surface area (Å²) in [6.07, 6.45) is 28.8. The molecule has 0 nitrogen and oxygen atoms in total. The van der Waals surface area contributed by atoms with Crippen LogP contribution in [0.2, 0.25) is 0 Å². The largest absolute Gasteiger partial charge is 0.0885 e. The lowest BCUT2D eigenvalue weighted by Crippen LogP contribution is -1.61. The van der Waals surface area contributed by atoms with Crippen LogP contribution in [-0.4, -0.2) is 0 Å². The molecule has 0 saturated heterocycles. The molecule has 0 aliphatic carbocycles. The van der Waals surface area contributed by atoms with E-state index in [-0.39, 0.29) is 0 Å². The monoisotopic (exact) mass is 227 g/mol. The molecule has 0 heteroatoms. The first-order valence-electron chi connectivity index (χ1n) is 6.23. The molecular formula is C17H23. The van der Waals surface area contributed by atoms with Crippen LogP contribution in [-0.2, 0) is 0 Å². The van der Waals surface area contributed by atoms with Gasteiger partial charge >= 0.3 is 0 Å². The Morgan fingerprint density at radius 1 is 0.824 bits per heavy atom. The van der Waals surface area contributed by atoms with Gasteiger partial charge in [-0.3, -0.25) is 0 Å². The number of hydrogen-bond donors (Lipinski definition) is 0. The topological polar surface area (TPSA) is 0 Å². The minimum Gasteiger partial charge on any atom is -0.0885 e. The lowest BCUT2D eigenvalue weighted by molar-refractivity contribution is 1.20. The predicted octanol–water partition coefficient (Wildman–Crippen LogP) is 5.34. The fourth-order valence-corrected chi connectivity index (χ4v) is 1.08. The van der Waals surface area contributed by atoms with Crippen molar-refractivity contribution in [2.45, 2.75) is 33.1 Å². The minimum atomic E-state index is 0.856. The molecular weight excluding hydrogens is 204 g/mol. The maximum absolute atomic E-state index is 3.19. The fourth-order valence-electron chi connectivity index (χ4n) is 1.08. The van der Waals surface area contributed by atoms with Crippen LogP contribution in [0.15, 0.2) is 66.8 Å². The van der Waals surface area contributed by atoms with Gasteiger partial charge in [-0.2, -0.15) is 0 Å². The Labute approximate surface area is 106 Å². The standard InChI is InChI=1S/C17H23/c1-3-5-7-9-11-13-15-17-16-14-12-10-8-6-4-2/h3,5-9,11-14,16H,4,10,15H2,1-2H3. The van der Waals surface area contributed by atoms with Gasteiger partial charge in [0.1, 0.15) is 0 Å². The molecule has 0 atom stereocenters. The molecule has 0 unspecified atom stereocenters. The van der Waals surface area contributed by atoms with E-state index in [1.807, 2.05) is 49.5 Å². The molecule has 1 radical (unpaired) electrons. The number of allylic oxidation sites excluding steroid dienone is 12. The zero-order chi connectivity index (χ0) is 12.6. The summed E-state index contributed by atoms with van der Waals surface area (Å²) < 4.78 is 0. The van der Waals surface area contributed by atoms with Crippen molar-refractivity contribution in [2.24, 2.45) is 0 Å². The zero-order valence-corrected chi connectivity index (χ0v) is 11.0. The molecule has 0 fully saturated rings. The van der Waals surface area contributed by atoms with Crippen LogP contribution < -0.4 is 0 Å². The van der Waals surface area contributed by atoms with Crippen LogP contribution >= 0.6 is 0 Å². The van der Waals surface area contributed by atoms with E-state index < -0.39 is 0 Å². The molecule has 0 aromatic rings. The van der Waals surface area contributed by atoms with Crippen LogP contribution in [0.4, 0.5) is 0 Å². The second kappa shape index (κ2) is 14.4. The first kappa shape index (κ1) is 15.4. The van der Waals surface area contributed by atoms with E-state index in [9.17, 15) is 0 Å². The van der Waals surface area contributed by atoms with Crippen molar-refractivity contribution < 1.29 is 0 Å². The van der Waals surface area contributed by atoms with Crippen molar-refractivity contribution >= 4 is 0 Å². The van der Waals surface area contributed by atoms with Gasteiger partial charge in [0, 0.05) is 0 Å². The van der Waals surface area contributed by atoms with E-state index in [1.54, 1.807) is 0 Å². The molecule has 0 rings (SSSR count). The van der Waals surface area contributed by atoms with Crippen LogP contribution in [0.5, 0.6) is 0 Å². The van der Waals surface area contributed by atoms with E-state index >= 15 is 0 Å². The average Bonchev–Trinajstić information content (AvgIpc) is 2.35. The van der Waals surface area contributed by atoms with Crippen LogP contribution in [0.1, 0.15) is 33.1 Å². The van der Waals surface area contributed by atoms with E-state index in [2.05, 4.69) is 37.3 Å². The lowest BCUT2D eigenvalue weighted by Gasteiger charge is -1.80. The summed E-state index contributed by atoms with van der Waals surface area (Å²) in [7, 11) is 0. The first-order chi connectivity index (χ1) is 8.41. The summed E-state index contributed by atoms with van der Waals surface area (Å²) in [6, 6.07) is 0. The van der Waals surface area contributed by atoms with Gasteiger partial charge in [0.15, 0.2) is 0 Å². The Balaban J connectivity index is 3.57. The van der Waals surface area contributed by atoms with Crippen molar-refractivity contribution in [3.63, 3.8) is 0 Å². The van der Waals surface area contributed by atoms with Crippen molar-refractivity contribution in [1.82, 2.24) is 0 Å². The highest BCUT2D eigenvalue weighted by Crippen LogP contribution is 1.91. The van der Waals surface area contributed by atoms with Crippen LogP contribution in [0, 0.1) is 6.08 Å². The third kappa shape index (κ3) is 14.4. The van der Waals surface area contributed by atoms with E-state index in [0.29, 0.717) is 0 Å². The smallest absolute Gasteiger partial charge is 0.00915 e. The van der Waals surface area contributed by atoms with Crippen molar-refractivity contribution in [3.8, 4) is 0 Å². The molecule has 0 saturated carbocycles. The number of rotatable bonds is 8. The van der Waals surface area contributed by atoms with Crippen LogP contribution in [0.25, 0.3) is 0 Å². The highest BCUT2D eigenvalue weighted by atomic mass is 13.8. The minimum absolute atomic E-state index is 0.856. The molecule has 17 heavy (non-hydrogen) atoms. The molecule has 0 aliphatic heterocycles. The molecule has 0 heterocycles. The first-order valence-corrected chi connectivity index (χ1v) is 6.23. The summed E-state index contributed by atoms with van der Waals surface area (Å²) in [6.45, 7) is 4.15. The Kier molecular flexibility index (Phi) is 13.1. The summed E-state index contributed by atoms with van der Waals surface area (Å²) in [5.74, 6) is 0. The van der Waals surface area contributed by atoms with Crippen molar-refractivity contribution in [3.05, 3.63) is 72.9 Å². The van der Waals surface area contributed by atoms with Gasteiger partial charge in [-0.15, -0.1) is 0 Å². The highest BCUT2D eigenvalue weighted by Gasteiger charge is 1.71. The molecule has 0 bridgehead atoms. The second-order valence-electron chi connectivity index (χ2n) is 3.46. The van der Waals surface area contributed by atoms with Gasteiger partial charge in [0.05, 0.1) is 0 Å². The molecule has 0 aromatic heterocycles. The summed E-state index contributed by atoms with van der Waals surface area (Å²) in [5.41, 5.74) is 0. The lowest BCUT2D eigenvalue weighted by atomic mass is 10.3. The number of hydrogen-bond acceptors (Lipinski definition) is 0. The third-order valence-corrected chi connectivity index (χ3v) is 1.92. The normalized spacial score (nSPS) is 13.8. The van der Waals surface area contributed by atoms with Crippen molar-refractivity contribution in [1.29, 1.82) is 0 Å². The molecule has 0 spiro atoms. The Morgan fingerprint density at radius 2 is 1.65 bits per heavy atom. The maximum Gasteiger partial charge on any atom is -0.00915 e. The third-order valence-electron chi connectivity index (χ3n) is 1.92. The molecule has 0 aliphatic rings. The molecule has 91 valence electrons. The van der Waals surface area contributed by atoms with Gasteiger partial charge in [0.25, 0.3) is 0 Å². The summed E-state index contributed by atoms with van der Waals surface area (Å²) in [4.78, 5) is 0. The molecule has 0 amide bonds. The van der Waals surface area contributed by atoms with Gasteiger partial charge in [-0.1, -0.05) is 73.8 Å². The zero-order valence-electron chi connectivity index (χ0n) is 11.0. The average molecular weight is 227 g/mol. The second-order valence-corrected chi connectivity index (χ2v) is 3.46. The molecule has 0 N–H and O–H groups in total. The maximum atomic E-state index is 3.19. The van der Waals surface area contributed by atoms with Gasteiger partial charge in [-0.25, -0.2) is 0 Å². The quantitative estimate of drug-likeness (QED) is 0.388. The van der Waals surface area contributed by atoms with E-state index in [1.165, 1.54) is 0 Å². The van der Waals surface area contributed by atoms with E-state index in [0.717, 1.165) is 19.3 Å². The van der Waals surface area contributed by atoms with Crippen molar-refractivity contribution in [2.75, 3.05) is 0 Å². The Hall–Kier alpha value is -1.56. The molecule has 0 aromatic carbocycles. The Morgan fingerprint density at radius 3 is 2.41 bits per heavy atom. The van der Waals surface area contributed by atoms with Crippen LogP contribution in [0.3, 0.4) is 0 Å². The fraction of sp³-hybridized carbons (Fsp3) is 0.294. The predicted molar refractivity (Wildman–Crippen MR) is 78.7 cm³/mol. The SMILES string of the molecule is CC=CC=CC=CC/[C]=C/C=CCC=CCC. The van der Waals surface area contributed by atoms with Gasteiger partial charge in [0.2, 0.25) is 0 Å². The Bertz CT molecular complexity index is 309.